The molecule has 0 aromatic rings. The molecule has 2 N–H and O–H groups in total. The van der Waals surface area contributed by atoms with Gasteiger partial charge in [0.05, 0.1) is 0 Å². The highest BCUT2D eigenvalue weighted by Crippen LogP contribution is 2.28. The van der Waals surface area contributed by atoms with Crippen molar-refractivity contribution < 1.29 is 0 Å². The molecule has 1 heteroatoms. The topological polar surface area (TPSA) is 26.0 Å². The van der Waals surface area contributed by atoms with Crippen LogP contribution in [0.4, 0.5) is 0 Å². The summed E-state index contributed by atoms with van der Waals surface area (Å²) in [7, 11) is 0. The number of hydrogen-bond acceptors (Lipinski definition) is 1. The molecule has 0 aliphatic carbocycles. The molecule has 0 saturated heterocycles. The molecule has 1 atom stereocenters. The SMILES string of the molecule is C=C(N)/C(C(C)=C(C)C)=C(/C)C(C)C(=C)C. The van der Waals surface area contributed by atoms with E-state index in [9.17, 15) is 0 Å². The van der Waals surface area contributed by atoms with Gasteiger partial charge in [-0.2, -0.15) is 0 Å². The smallest absolute Gasteiger partial charge is 0.0316 e. The van der Waals surface area contributed by atoms with E-state index in [0.29, 0.717) is 11.6 Å². The van der Waals surface area contributed by atoms with Crippen molar-refractivity contribution >= 4 is 0 Å². The quantitative estimate of drug-likeness (QED) is 0.552. The van der Waals surface area contributed by atoms with Gasteiger partial charge in [-0.05, 0) is 51.7 Å². The lowest BCUT2D eigenvalue weighted by Crippen LogP contribution is -2.09. The molecule has 0 fully saturated rings. The third-order valence-corrected chi connectivity index (χ3v) is 3.23. The first-order chi connectivity index (χ1) is 7.20. The van der Waals surface area contributed by atoms with Crippen LogP contribution in [0.15, 0.2) is 46.7 Å². The van der Waals surface area contributed by atoms with Crippen LogP contribution in [0.3, 0.4) is 0 Å². The Labute approximate surface area is 100 Å². The van der Waals surface area contributed by atoms with Crippen LogP contribution < -0.4 is 5.73 Å². The average Bonchev–Trinajstić information content (AvgIpc) is 2.15. The Kier molecular flexibility index (Phi) is 5.29. The van der Waals surface area contributed by atoms with Gasteiger partial charge in [-0.25, -0.2) is 0 Å². The summed E-state index contributed by atoms with van der Waals surface area (Å²) in [6, 6.07) is 0. The second kappa shape index (κ2) is 5.74. The van der Waals surface area contributed by atoms with Gasteiger partial charge < -0.3 is 5.73 Å². The molecule has 0 aliphatic rings. The van der Waals surface area contributed by atoms with Crippen LogP contribution in [0.2, 0.25) is 0 Å². The number of allylic oxidation sites excluding steroid dienone is 4. The molecule has 0 aromatic heterocycles. The van der Waals surface area contributed by atoms with Crippen LogP contribution in [0.1, 0.15) is 41.5 Å². The van der Waals surface area contributed by atoms with Crippen molar-refractivity contribution in [2.75, 3.05) is 0 Å². The van der Waals surface area contributed by atoms with Crippen LogP contribution in [0, 0.1) is 5.92 Å². The minimum absolute atomic E-state index is 0.338. The Morgan fingerprint density at radius 1 is 1.00 bits per heavy atom. The van der Waals surface area contributed by atoms with E-state index >= 15 is 0 Å². The molecule has 0 aliphatic heterocycles. The van der Waals surface area contributed by atoms with E-state index in [1.807, 2.05) is 6.92 Å². The van der Waals surface area contributed by atoms with E-state index in [-0.39, 0.29) is 0 Å². The summed E-state index contributed by atoms with van der Waals surface area (Å²) in [4.78, 5) is 0. The lowest BCUT2D eigenvalue weighted by atomic mass is 9.87. The summed E-state index contributed by atoms with van der Waals surface area (Å²) in [5.41, 5.74) is 12.5. The van der Waals surface area contributed by atoms with E-state index in [0.717, 1.165) is 11.1 Å². The third-order valence-electron chi connectivity index (χ3n) is 3.23. The maximum atomic E-state index is 5.90. The molecule has 0 saturated carbocycles. The molecule has 1 unspecified atom stereocenters. The van der Waals surface area contributed by atoms with Crippen molar-refractivity contribution in [3.05, 3.63) is 46.7 Å². The molecular formula is C15H25N. The van der Waals surface area contributed by atoms with Gasteiger partial charge in [0, 0.05) is 5.70 Å². The lowest BCUT2D eigenvalue weighted by molar-refractivity contribution is 0.792. The average molecular weight is 219 g/mol. The zero-order valence-corrected chi connectivity index (χ0v) is 11.6. The van der Waals surface area contributed by atoms with Gasteiger partial charge in [0.1, 0.15) is 0 Å². The summed E-state index contributed by atoms with van der Waals surface area (Å²) < 4.78 is 0. The maximum absolute atomic E-state index is 5.90. The molecule has 0 bridgehead atoms. The first kappa shape index (κ1) is 14.8. The molecule has 0 heterocycles. The van der Waals surface area contributed by atoms with Crippen molar-refractivity contribution in [3.63, 3.8) is 0 Å². The second-order valence-electron chi connectivity index (χ2n) is 4.78. The van der Waals surface area contributed by atoms with E-state index in [1.165, 1.54) is 16.7 Å². The molecule has 0 radical (unpaired) electrons. The number of nitrogens with two attached hydrogens (primary N) is 1. The fraction of sp³-hybridized carbons (Fsp3) is 0.467. The zero-order chi connectivity index (χ0) is 13.0. The van der Waals surface area contributed by atoms with E-state index < -0.39 is 0 Å². The van der Waals surface area contributed by atoms with E-state index in [4.69, 9.17) is 5.73 Å². The number of rotatable bonds is 4. The van der Waals surface area contributed by atoms with Gasteiger partial charge >= 0.3 is 0 Å². The van der Waals surface area contributed by atoms with Crippen molar-refractivity contribution in [3.8, 4) is 0 Å². The molecule has 0 rings (SSSR count). The Balaban J connectivity index is 5.70. The lowest BCUT2D eigenvalue weighted by Gasteiger charge is -2.20. The van der Waals surface area contributed by atoms with Gasteiger partial charge in [-0.1, -0.05) is 36.8 Å². The first-order valence-corrected chi connectivity index (χ1v) is 5.65. The van der Waals surface area contributed by atoms with Crippen LogP contribution in [0.5, 0.6) is 0 Å². The zero-order valence-electron chi connectivity index (χ0n) is 11.6. The summed E-state index contributed by atoms with van der Waals surface area (Å²) in [5, 5.41) is 0. The standard InChI is InChI=1S/C15H25N/c1-9(2)11(5)13(7)15(14(8)16)12(6)10(3)4/h11H,1,8,16H2,2-7H3/b15-13-. The van der Waals surface area contributed by atoms with Crippen LogP contribution in [-0.4, -0.2) is 0 Å². The Morgan fingerprint density at radius 2 is 1.44 bits per heavy atom. The molecule has 1 nitrogen and oxygen atoms in total. The molecular weight excluding hydrogens is 194 g/mol. The highest BCUT2D eigenvalue weighted by Gasteiger charge is 2.13. The van der Waals surface area contributed by atoms with Gasteiger partial charge in [-0.15, -0.1) is 0 Å². The van der Waals surface area contributed by atoms with Crippen LogP contribution in [-0.2, 0) is 0 Å². The van der Waals surface area contributed by atoms with Gasteiger partial charge in [0.25, 0.3) is 0 Å². The van der Waals surface area contributed by atoms with Crippen molar-refractivity contribution in [2.24, 2.45) is 11.7 Å². The second-order valence-corrected chi connectivity index (χ2v) is 4.78. The largest absolute Gasteiger partial charge is 0.399 e. The minimum atomic E-state index is 0.338. The molecule has 0 spiro atoms. The summed E-state index contributed by atoms with van der Waals surface area (Å²) in [6.45, 7) is 20.5. The van der Waals surface area contributed by atoms with Gasteiger partial charge in [0.15, 0.2) is 0 Å². The highest BCUT2D eigenvalue weighted by atomic mass is 14.6. The molecule has 90 valence electrons. The van der Waals surface area contributed by atoms with E-state index in [1.54, 1.807) is 0 Å². The van der Waals surface area contributed by atoms with Crippen LogP contribution >= 0.6 is 0 Å². The summed E-state index contributed by atoms with van der Waals surface area (Å²) in [6.07, 6.45) is 0. The Morgan fingerprint density at radius 3 is 1.69 bits per heavy atom. The number of hydrogen-bond donors (Lipinski definition) is 1. The van der Waals surface area contributed by atoms with Crippen molar-refractivity contribution in [1.29, 1.82) is 0 Å². The summed E-state index contributed by atoms with van der Waals surface area (Å²) >= 11 is 0. The van der Waals surface area contributed by atoms with Crippen LogP contribution in [0.25, 0.3) is 0 Å². The third kappa shape index (κ3) is 3.41. The Bertz CT molecular complexity index is 363. The van der Waals surface area contributed by atoms with E-state index in [2.05, 4.69) is 47.8 Å². The summed E-state index contributed by atoms with van der Waals surface area (Å²) in [5.74, 6) is 0.338. The minimum Gasteiger partial charge on any atom is -0.399 e. The first-order valence-electron chi connectivity index (χ1n) is 5.65. The normalized spacial score (nSPS) is 13.9. The molecule has 0 aromatic carbocycles. The van der Waals surface area contributed by atoms with Crippen molar-refractivity contribution in [1.82, 2.24) is 0 Å². The fourth-order valence-electron chi connectivity index (χ4n) is 1.63. The van der Waals surface area contributed by atoms with Gasteiger partial charge in [0.2, 0.25) is 0 Å². The highest BCUT2D eigenvalue weighted by molar-refractivity contribution is 5.48. The Hall–Kier alpha value is -1.24. The predicted octanol–water partition coefficient (Wildman–Crippen LogP) is 4.34. The van der Waals surface area contributed by atoms with Gasteiger partial charge in [-0.3, -0.25) is 0 Å². The predicted molar refractivity (Wildman–Crippen MR) is 74.1 cm³/mol. The van der Waals surface area contributed by atoms with Crippen molar-refractivity contribution in [2.45, 2.75) is 41.5 Å². The molecule has 16 heavy (non-hydrogen) atoms. The fourth-order valence-corrected chi connectivity index (χ4v) is 1.63. The molecule has 0 amide bonds. The maximum Gasteiger partial charge on any atom is 0.0316 e. The monoisotopic (exact) mass is 219 g/mol.